The Hall–Kier alpha value is -1.51. The molecule has 23 heavy (non-hydrogen) atoms. The Morgan fingerprint density at radius 3 is 2.26 bits per heavy atom. The molecule has 1 heterocycles. The first-order chi connectivity index (χ1) is 11.1. The summed E-state index contributed by atoms with van der Waals surface area (Å²) < 4.78 is 0. The Bertz CT molecular complexity index is 712. The fourth-order valence-corrected chi connectivity index (χ4v) is 4.04. The number of alkyl halides is 2. The van der Waals surface area contributed by atoms with Crippen molar-refractivity contribution in [3.05, 3.63) is 65.7 Å². The molecule has 0 amide bonds. The number of anilines is 1. The van der Waals surface area contributed by atoms with Crippen molar-refractivity contribution in [3.63, 3.8) is 0 Å². The number of fused-ring (bicyclic) bond motifs is 1. The number of rotatable bonds is 4. The van der Waals surface area contributed by atoms with Gasteiger partial charge in [0.2, 0.25) is 0 Å². The second kappa shape index (κ2) is 6.54. The van der Waals surface area contributed by atoms with Gasteiger partial charge in [0, 0.05) is 5.56 Å². The van der Waals surface area contributed by atoms with Gasteiger partial charge in [-0.1, -0.05) is 56.3 Å². The summed E-state index contributed by atoms with van der Waals surface area (Å²) >= 11 is 13.1. The first-order valence-electron chi connectivity index (χ1n) is 7.96. The van der Waals surface area contributed by atoms with Crippen molar-refractivity contribution >= 4 is 34.6 Å². The second-order valence-corrected chi connectivity index (χ2v) is 6.77. The molecule has 2 aromatic rings. The maximum Gasteiger partial charge on any atom is 0.137 e. The molecule has 1 aliphatic rings. The number of benzene rings is 2. The van der Waals surface area contributed by atoms with Gasteiger partial charge in [0.25, 0.3) is 0 Å². The highest BCUT2D eigenvalue weighted by Crippen LogP contribution is 2.47. The van der Waals surface area contributed by atoms with E-state index in [1.54, 1.807) is 0 Å². The summed E-state index contributed by atoms with van der Waals surface area (Å²) in [4.78, 5) is -0.601. The maximum absolute atomic E-state index is 6.53. The van der Waals surface area contributed by atoms with Crippen LogP contribution < -0.4 is 5.01 Å². The zero-order valence-electron chi connectivity index (χ0n) is 13.3. The van der Waals surface area contributed by atoms with Gasteiger partial charge in [-0.25, -0.2) is 0 Å². The molecule has 0 unspecified atom stereocenters. The summed E-state index contributed by atoms with van der Waals surface area (Å²) in [5.41, 5.74) is 3.78. The van der Waals surface area contributed by atoms with Crippen LogP contribution in [0.3, 0.4) is 0 Å². The molecule has 2 nitrogen and oxygen atoms in total. The molecule has 1 aliphatic heterocycles. The van der Waals surface area contributed by atoms with Crippen molar-refractivity contribution in [2.24, 2.45) is 5.10 Å². The first-order valence-corrected chi connectivity index (χ1v) is 8.83. The molecular weight excluding hydrogens is 327 g/mol. The molecule has 0 aliphatic carbocycles. The number of hydrazone groups is 1. The van der Waals surface area contributed by atoms with Crippen molar-refractivity contribution < 1.29 is 0 Å². The van der Waals surface area contributed by atoms with E-state index >= 15 is 0 Å². The molecule has 0 spiro atoms. The summed E-state index contributed by atoms with van der Waals surface area (Å²) in [5, 5.41) is 6.95. The van der Waals surface area contributed by atoms with E-state index in [0.717, 1.165) is 35.4 Å². The molecule has 0 saturated heterocycles. The Balaban J connectivity index is 2.29. The molecular formula is C19H20Cl2N2. The number of nitrogens with zero attached hydrogens (tertiary/aromatic N) is 2. The van der Waals surface area contributed by atoms with Crippen molar-refractivity contribution in [1.29, 1.82) is 0 Å². The zero-order chi connectivity index (χ0) is 16.4. The van der Waals surface area contributed by atoms with Crippen LogP contribution in [-0.4, -0.2) is 10.5 Å². The minimum absolute atomic E-state index is 0.570. The van der Waals surface area contributed by atoms with E-state index in [4.69, 9.17) is 28.3 Å². The van der Waals surface area contributed by atoms with E-state index in [2.05, 4.69) is 26.0 Å². The highest BCUT2D eigenvalue weighted by atomic mass is 35.5. The normalized spacial score (nSPS) is 20.4. The lowest BCUT2D eigenvalue weighted by Gasteiger charge is -2.47. The Kier molecular flexibility index (Phi) is 4.65. The maximum atomic E-state index is 6.53. The fraction of sp³-hybridized carbons (Fsp3) is 0.316. The number of hydrogen-bond acceptors (Lipinski definition) is 2. The lowest BCUT2D eigenvalue weighted by Crippen LogP contribution is -2.51. The van der Waals surface area contributed by atoms with Crippen LogP contribution in [0.15, 0.2) is 59.7 Å². The van der Waals surface area contributed by atoms with Crippen molar-refractivity contribution in [1.82, 2.24) is 0 Å². The van der Waals surface area contributed by atoms with Crippen LogP contribution in [0.1, 0.15) is 37.8 Å². The topological polar surface area (TPSA) is 15.6 Å². The third-order valence-electron chi connectivity index (χ3n) is 4.54. The van der Waals surface area contributed by atoms with E-state index in [0.29, 0.717) is 0 Å². The minimum atomic E-state index is -0.601. The van der Waals surface area contributed by atoms with Gasteiger partial charge in [-0.3, -0.25) is 5.01 Å². The molecule has 0 aromatic heterocycles. The van der Waals surface area contributed by atoms with Crippen LogP contribution in [0.25, 0.3) is 0 Å². The van der Waals surface area contributed by atoms with Crippen LogP contribution in [0.5, 0.6) is 0 Å². The highest BCUT2D eigenvalue weighted by molar-refractivity contribution is 6.45. The third kappa shape index (κ3) is 2.54. The van der Waals surface area contributed by atoms with Gasteiger partial charge in [0.05, 0.1) is 11.4 Å². The Labute approximate surface area is 147 Å². The first kappa shape index (κ1) is 16.4. The van der Waals surface area contributed by atoms with Gasteiger partial charge in [0.1, 0.15) is 10.4 Å². The molecule has 3 rings (SSSR count). The number of hydrogen-bond donors (Lipinski definition) is 0. The summed E-state index contributed by atoms with van der Waals surface area (Å²) in [6.07, 6.45) is 1.62. The summed E-state index contributed by atoms with van der Waals surface area (Å²) in [6.45, 7) is 4.23. The van der Waals surface area contributed by atoms with Gasteiger partial charge in [-0.05, 0) is 30.5 Å². The largest absolute Gasteiger partial charge is 0.252 e. The SMILES string of the molecule is CCC1=NN(c2ccccc2)[C@](CC)(C(Cl)Cl)c2ccccc21. The molecule has 120 valence electrons. The van der Waals surface area contributed by atoms with E-state index < -0.39 is 10.4 Å². The van der Waals surface area contributed by atoms with E-state index in [-0.39, 0.29) is 0 Å². The summed E-state index contributed by atoms with van der Waals surface area (Å²) in [5.74, 6) is 0. The van der Waals surface area contributed by atoms with Crippen molar-refractivity contribution in [3.8, 4) is 0 Å². The van der Waals surface area contributed by atoms with Gasteiger partial charge in [-0.2, -0.15) is 5.10 Å². The summed E-state index contributed by atoms with van der Waals surface area (Å²) in [7, 11) is 0. The predicted molar refractivity (Wildman–Crippen MR) is 99.7 cm³/mol. The molecule has 0 saturated carbocycles. The van der Waals surface area contributed by atoms with Crippen molar-refractivity contribution in [2.45, 2.75) is 37.1 Å². The smallest absolute Gasteiger partial charge is 0.137 e. The summed E-state index contributed by atoms with van der Waals surface area (Å²) in [6, 6.07) is 18.4. The standard InChI is InChI=1S/C19H20Cl2N2/c1-3-17-15-12-8-9-13-16(15)19(4-2,18(20)21)23(22-17)14-10-6-5-7-11-14/h5-13,18H,3-4H2,1-2H3/t19-/m0/s1. The van der Waals surface area contributed by atoms with E-state index in [9.17, 15) is 0 Å². The van der Waals surface area contributed by atoms with Crippen LogP contribution in [0.4, 0.5) is 5.69 Å². The third-order valence-corrected chi connectivity index (χ3v) is 5.26. The fourth-order valence-electron chi connectivity index (χ4n) is 3.31. The van der Waals surface area contributed by atoms with Gasteiger partial charge < -0.3 is 0 Å². The molecule has 0 fully saturated rings. The van der Waals surface area contributed by atoms with Crippen LogP contribution in [0, 0.1) is 0 Å². The van der Waals surface area contributed by atoms with Gasteiger partial charge >= 0.3 is 0 Å². The average Bonchev–Trinajstić information content (AvgIpc) is 2.60. The Morgan fingerprint density at radius 2 is 1.65 bits per heavy atom. The molecule has 1 atom stereocenters. The number of halogens is 2. The van der Waals surface area contributed by atoms with Gasteiger partial charge in [0.15, 0.2) is 0 Å². The minimum Gasteiger partial charge on any atom is -0.252 e. The predicted octanol–water partition coefficient (Wildman–Crippen LogP) is 5.73. The van der Waals surface area contributed by atoms with Crippen LogP contribution in [0.2, 0.25) is 0 Å². The second-order valence-electron chi connectivity index (χ2n) is 5.67. The lowest BCUT2D eigenvalue weighted by molar-refractivity contribution is 0.409. The van der Waals surface area contributed by atoms with E-state index in [1.165, 1.54) is 0 Å². The zero-order valence-corrected chi connectivity index (χ0v) is 14.8. The van der Waals surface area contributed by atoms with Gasteiger partial charge in [-0.15, -0.1) is 23.2 Å². The van der Waals surface area contributed by atoms with Crippen molar-refractivity contribution in [2.75, 3.05) is 5.01 Å². The lowest BCUT2D eigenvalue weighted by atomic mass is 9.81. The molecule has 0 N–H and O–H groups in total. The highest BCUT2D eigenvalue weighted by Gasteiger charge is 2.47. The molecule has 0 radical (unpaired) electrons. The quantitative estimate of drug-likeness (QED) is 0.645. The van der Waals surface area contributed by atoms with Crippen LogP contribution >= 0.6 is 23.2 Å². The Morgan fingerprint density at radius 1 is 1.00 bits per heavy atom. The molecule has 0 bridgehead atoms. The average molecular weight is 347 g/mol. The van der Waals surface area contributed by atoms with Crippen LogP contribution in [-0.2, 0) is 5.54 Å². The molecule has 4 heteroatoms. The molecule has 2 aromatic carbocycles. The number of para-hydroxylation sites is 1. The van der Waals surface area contributed by atoms with E-state index in [1.807, 2.05) is 47.5 Å². The monoisotopic (exact) mass is 346 g/mol.